The van der Waals surface area contributed by atoms with E-state index in [4.69, 9.17) is 9.47 Å². The first-order valence-corrected chi connectivity index (χ1v) is 7.13. The van der Waals surface area contributed by atoms with Crippen molar-refractivity contribution in [3.8, 4) is 11.5 Å². The lowest BCUT2D eigenvalue weighted by molar-refractivity contribution is 0.145. The molecule has 0 heterocycles. The van der Waals surface area contributed by atoms with E-state index in [2.05, 4.69) is 19.2 Å². The Kier molecular flexibility index (Phi) is 4.35. The van der Waals surface area contributed by atoms with Crippen LogP contribution in [0, 0.1) is 5.41 Å². The van der Waals surface area contributed by atoms with E-state index in [-0.39, 0.29) is 11.5 Å². The third-order valence-electron chi connectivity index (χ3n) is 4.00. The van der Waals surface area contributed by atoms with Gasteiger partial charge in [0.25, 0.3) is 0 Å². The van der Waals surface area contributed by atoms with E-state index in [1.54, 1.807) is 0 Å². The lowest BCUT2D eigenvalue weighted by Crippen LogP contribution is -2.44. The molecule has 1 aromatic carbocycles. The maximum Gasteiger partial charge on any atom is 0.123 e. The summed E-state index contributed by atoms with van der Waals surface area (Å²) in [5.74, 6) is 1.77. The summed E-state index contributed by atoms with van der Waals surface area (Å²) in [4.78, 5) is 0. The van der Waals surface area contributed by atoms with E-state index in [1.807, 2.05) is 38.2 Å². The highest BCUT2D eigenvalue weighted by molar-refractivity contribution is 5.33. The Morgan fingerprint density at radius 2 is 2.05 bits per heavy atom. The second-order valence-electron chi connectivity index (χ2n) is 5.86. The average Bonchev–Trinajstić information content (AvgIpc) is 2.65. The smallest absolute Gasteiger partial charge is 0.123 e. The van der Waals surface area contributed by atoms with Crippen molar-refractivity contribution in [3.63, 3.8) is 0 Å². The van der Waals surface area contributed by atoms with Crippen LogP contribution in [0.1, 0.15) is 33.6 Å². The van der Waals surface area contributed by atoms with E-state index >= 15 is 0 Å². The molecule has 1 saturated carbocycles. The Labute approximate surface area is 116 Å². The van der Waals surface area contributed by atoms with Crippen molar-refractivity contribution in [2.75, 3.05) is 13.7 Å². The predicted octanol–water partition coefficient (Wildman–Crippen LogP) is 3.24. The maximum atomic E-state index is 6.16. The Morgan fingerprint density at radius 3 is 2.74 bits per heavy atom. The Balaban J connectivity index is 2.07. The average molecular weight is 263 g/mol. The van der Waals surface area contributed by atoms with Crippen molar-refractivity contribution >= 4 is 0 Å². The van der Waals surface area contributed by atoms with Gasteiger partial charge in [0.15, 0.2) is 0 Å². The normalized spacial score (nSPS) is 25.3. The number of likely N-dealkylation sites (N-methyl/N-ethyl adjacent to an activating group) is 1. The second kappa shape index (κ2) is 5.83. The second-order valence-corrected chi connectivity index (χ2v) is 5.86. The molecule has 1 aliphatic rings. The summed E-state index contributed by atoms with van der Waals surface area (Å²) in [6.45, 7) is 7.27. The monoisotopic (exact) mass is 263 g/mol. The van der Waals surface area contributed by atoms with Gasteiger partial charge in [0, 0.05) is 12.1 Å². The van der Waals surface area contributed by atoms with Gasteiger partial charge in [-0.05, 0) is 44.4 Å². The molecular formula is C16H25NO2. The zero-order chi connectivity index (χ0) is 13.9. The molecule has 3 heteroatoms. The molecule has 2 atom stereocenters. The van der Waals surface area contributed by atoms with Crippen LogP contribution in [0.4, 0.5) is 0 Å². The minimum atomic E-state index is 0.233. The molecule has 1 fully saturated rings. The Bertz CT molecular complexity index is 417. The van der Waals surface area contributed by atoms with Crippen LogP contribution in [0.2, 0.25) is 0 Å². The molecule has 0 aromatic heterocycles. The van der Waals surface area contributed by atoms with Crippen molar-refractivity contribution in [1.29, 1.82) is 0 Å². The minimum Gasteiger partial charge on any atom is -0.494 e. The van der Waals surface area contributed by atoms with E-state index in [1.165, 1.54) is 6.42 Å². The lowest BCUT2D eigenvalue weighted by atomic mass is 9.87. The van der Waals surface area contributed by atoms with Gasteiger partial charge in [-0.3, -0.25) is 0 Å². The van der Waals surface area contributed by atoms with Gasteiger partial charge >= 0.3 is 0 Å². The summed E-state index contributed by atoms with van der Waals surface area (Å²) >= 11 is 0. The molecule has 1 N–H and O–H groups in total. The molecule has 0 bridgehead atoms. The summed E-state index contributed by atoms with van der Waals surface area (Å²) in [5, 5.41) is 3.41. The van der Waals surface area contributed by atoms with Gasteiger partial charge < -0.3 is 14.8 Å². The molecule has 106 valence electrons. The minimum absolute atomic E-state index is 0.233. The summed E-state index contributed by atoms with van der Waals surface area (Å²) < 4.78 is 11.7. The van der Waals surface area contributed by atoms with Crippen LogP contribution in [0.3, 0.4) is 0 Å². The highest BCUT2D eigenvalue weighted by Gasteiger charge is 2.42. The molecule has 3 nitrogen and oxygen atoms in total. The van der Waals surface area contributed by atoms with Crippen LogP contribution in [0.15, 0.2) is 24.3 Å². The van der Waals surface area contributed by atoms with Gasteiger partial charge in [-0.2, -0.15) is 0 Å². The Morgan fingerprint density at radius 1 is 1.32 bits per heavy atom. The Hall–Kier alpha value is -1.22. The summed E-state index contributed by atoms with van der Waals surface area (Å²) in [6.07, 6.45) is 2.52. The molecule has 19 heavy (non-hydrogen) atoms. The van der Waals surface area contributed by atoms with Crippen molar-refractivity contribution in [2.45, 2.75) is 45.8 Å². The number of hydrogen-bond donors (Lipinski definition) is 1. The van der Waals surface area contributed by atoms with Gasteiger partial charge in [-0.1, -0.05) is 19.9 Å². The number of ether oxygens (including phenoxy) is 2. The van der Waals surface area contributed by atoms with Crippen LogP contribution in [-0.2, 0) is 0 Å². The molecule has 0 spiro atoms. The van der Waals surface area contributed by atoms with Crippen LogP contribution in [0.25, 0.3) is 0 Å². The van der Waals surface area contributed by atoms with Crippen LogP contribution < -0.4 is 14.8 Å². The molecular weight excluding hydrogens is 238 g/mol. The van der Waals surface area contributed by atoms with Gasteiger partial charge in [-0.25, -0.2) is 0 Å². The van der Waals surface area contributed by atoms with Crippen LogP contribution >= 0.6 is 0 Å². The fourth-order valence-corrected chi connectivity index (χ4v) is 3.02. The molecule has 2 unspecified atom stereocenters. The lowest BCUT2D eigenvalue weighted by Gasteiger charge is -2.30. The number of benzene rings is 1. The summed E-state index contributed by atoms with van der Waals surface area (Å²) in [5.41, 5.74) is 0.289. The maximum absolute atomic E-state index is 6.16. The molecule has 0 radical (unpaired) electrons. The fourth-order valence-electron chi connectivity index (χ4n) is 3.02. The van der Waals surface area contributed by atoms with Gasteiger partial charge in [-0.15, -0.1) is 0 Å². The van der Waals surface area contributed by atoms with E-state index in [0.717, 1.165) is 17.9 Å². The first-order valence-electron chi connectivity index (χ1n) is 7.13. The van der Waals surface area contributed by atoms with Crippen molar-refractivity contribution < 1.29 is 9.47 Å². The van der Waals surface area contributed by atoms with Crippen molar-refractivity contribution in [1.82, 2.24) is 5.32 Å². The van der Waals surface area contributed by atoms with E-state index in [0.29, 0.717) is 12.6 Å². The topological polar surface area (TPSA) is 30.5 Å². The van der Waals surface area contributed by atoms with E-state index in [9.17, 15) is 0 Å². The summed E-state index contributed by atoms with van der Waals surface area (Å²) in [6, 6.07) is 8.31. The van der Waals surface area contributed by atoms with E-state index < -0.39 is 0 Å². The SMILES string of the molecule is CCOc1cccc(OC2CCC(C)(C)C2NC)c1. The number of rotatable bonds is 5. The van der Waals surface area contributed by atoms with Crippen LogP contribution in [-0.4, -0.2) is 25.8 Å². The molecule has 1 aromatic rings. The van der Waals surface area contributed by atoms with Gasteiger partial charge in [0.05, 0.1) is 6.61 Å². The molecule has 2 rings (SSSR count). The van der Waals surface area contributed by atoms with Crippen molar-refractivity contribution in [3.05, 3.63) is 24.3 Å². The zero-order valence-corrected chi connectivity index (χ0v) is 12.4. The highest BCUT2D eigenvalue weighted by Crippen LogP contribution is 2.39. The standard InChI is InChI=1S/C16H25NO2/c1-5-18-12-7-6-8-13(11-12)19-14-9-10-16(2,3)15(14)17-4/h6-8,11,14-15,17H,5,9-10H2,1-4H3. The molecule has 0 saturated heterocycles. The third-order valence-corrected chi connectivity index (χ3v) is 4.00. The quantitative estimate of drug-likeness (QED) is 0.884. The van der Waals surface area contributed by atoms with Gasteiger partial charge in [0.2, 0.25) is 0 Å². The van der Waals surface area contributed by atoms with Gasteiger partial charge in [0.1, 0.15) is 17.6 Å². The number of hydrogen-bond acceptors (Lipinski definition) is 3. The zero-order valence-electron chi connectivity index (χ0n) is 12.4. The molecule has 0 amide bonds. The van der Waals surface area contributed by atoms with Crippen LogP contribution in [0.5, 0.6) is 11.5 Å². The fraction of sp³-hybridized carbons (Fsp3) is 0.625. The highest BCUT2D eigenvalue weighted by atomic mass is 16.5. The number of nitrogens with one attached hydrogen (secondary N) is 1. The predicted molar refractivity (Wildman–Crippen MR) is 77.9 cm³/mol. The first kappa shape index (κ1) is 14.2. The molecule has 1 aliphatic carbocycles. The first-order chi connectivity index (χ1) is 9.06. The molecule has 0 aliphatic heterocycles. The summed E-state index contributed by atoms with van der Waals surface area (Å²) in [7, 11) is 2.02. The largest absolute Gasteiger partial charge is 0.494 e. The van der Waals surface area contributed by atoms with Crippen molar-refractivity contribution in [2.24, 2.45) is 5.41 Å². The third kappa shape index (κ3) is 3.21.